The monoisotopic (exact) mass is 493 g/mol. The van der Waals surface area contributed by atoms with Gasteiger partial charge in [0.15, 0.2) is 11.5 Å². The van der Waals surface area contributed by atoms with Gasteiger partial charge in [-0.15, -0.1) is 0 Å². The van der Waals surface area contributed by atoms with E-state index >= 15 is 0 Å². The van der Waals surface area contributed by atoms with Crippen molar-refractivity contribution >= 4 is 27.4 Å². The number of ether oxygens (including phenoxy) is 4. The number of carbonyl (C=O) groups excluding carboxylic acids is 1. The maximum absolute atomic E-state index is 12.0. The molecule has 0 heterocycles. The average Bonchev–Trinajstić information content (AvgIpc) is 2.93. The Hall–Kier alpha value is -2.45. The van der Waals surface area contributed by atoms with Crippen molar-refractivity contribution in [1.82, 2.24) is 5.32 Å². The van der Waals surface area contributed by atoms with Gasteiger partial charge in [0.05, 0.1) is 34.5 Å². The van der Waals surface area contributed by atoms with Crippen molar-refractivity contribution < 1.29 is 28.8 Å². The smallest absolute Gasteiger partial charge is 0.217 e. The molecule has 8 heteroatoms. The van der Waals surface area contributed by atoms with Crippen LogP contribution in [0.25, 0.3) is 5.57 Å². The molecule has 3 rings (SSSR count). The van der Waals surface area contributed by atoms with Crippen molar-refractivity contribution in [3.05, 3.63) is 44.7 Å². The van der Waals surface area contributed by atoms with E-state index < -0.39 is 6.10 Å². The molecule has 7 nitrogen and oxygen atoms in total. The van der Waals surface area contributed by atoms with Gasteiger partial charge in [0, 0.05) is 17.0 Å². The number of carbonyl (C=O) groups is 1. The number of allylic oxidation sites excluding steroid dienone is 2. The Kier molecular flexibility index (Phi) is 7.01. The van der Waals surface area contributed by atoms with Crippen LogP contribution in [0.2, 0.25) is 0 Å². The first-order valence-electron chi connectivity index (χ1n) is 9.92. The van der Waals surface area contributed by atoms with Crippen LogP contribution in [0.5, 0.6) is 17.2 Å². The molecule has 168 valence electrons. The molecule has 1 aromatic rings. The van der Waals surface area contributed by atoms with E-state index in [2.05, 4.69) is 21.2 Å². The molecule has 1 aromatic carbocycles. The maximum Gasteiger partial charge on any atom is 0.217 e. The number of aryl methyl sites for hydroxylation is 1. The van der Waals surface area contributed by atoms with Crippen LogP contribution in [-0.4, -0.2) is 51.6 Å². The highest BCUT2D eigenvalue weighted by atomic mass is 79.9. The number of fused-ring (bicyclic) bond motifs is 3. The predicted molar refractivity (Wildman–Crippen MR) is 122 cm³/mol. The van der Waals surface area contributed by atoms with E-state index in [1.165, 1.54) is 14.0 Å². The molecule has 2 aliphatic carbocycles. The fourth-order valence-electron chi connectivity index (χ4n) is 4.34. The summed E-state index contributed by atoms with van der Waals surface area (Å²) in [4.78, 5) is 12.0. The number of methoxy groups -OCH3 is 4. The van der Waals surface area contributed by atoms with Crippen LogP contribution < -0.4 is 19.5 Å². The van der Waals surface area contributed by atoms with Crippen molar-refractivity contribution in [2.45, 2.75) is 38.8 Å². The number of benzene rings is 1. The minimum Gasteiger partial charge on any atom is -0.498 e. The highest BCUT2D eigenvalue weighted by molar-refractivity contribution is 9.11. The summed E-state index contributed by atoms with van der Waals surface area (Å²) in [6.45, 7) is 3.36. The molecule has 31 heavy (non-hydrogen) atoms. The maximum atomic E-state index is 12.0. The number of hydrogen-bond acceptors (Lipinski definition) is 6. The lowest BCUT2D eigenvalue weighted by Crippen LogP contribution is -2.35. The third-order valence-corrected chi connectivity index (χ3v) is 6.48. The Morgan fingerprint density at radius 1 is 1.13 bits per heavy atom. The molecule has 0 aliphatic heterocycles. The van der Waals surface area contributed by atoms with Crippen LogP contribution in [0.3, 0.4) is 0 Å². The van der Waals surface area contributed by atoms with E-state index in [0.29, 0.717) is 40.3 Å². The molecule has 0 saturated carbocycles. The topological polar surface area (TPSA) is 86.3 Å². The first kappa shape index (κ1) is 23.2. The third-order valence-electron chi connectivity index (χ3n) is 5.61. The van der Waals surface area contributed by atoms with Crippen LogP contribution in [0.1, 0.15) is 31.4 Å². The van der Waals surface area contributed by atoms with Crippen LogP contribution in [-0.2, 0) is 16.0 Å². The number of aliphatic hydroxyl groups excluding tert-OH is 1. The van der Waals surface area contributed by atoms with Crippen molar-refractivity contribution in [2.75, 3.05) is 28.4 Å². The number of hydrogen-bond donors (Lipinski definition) is 2. The molecule has 0 radical (unpaired) electrons. The van der Waals surface area contributed by atoms with Gasteiger partial charge in [-0.25, -0.2) is 0 Å². The largest absolute Gasteiger partial charge is 0.498 e. The zero-order valence-corrected chi connectivity index (χ0v) is 20.2. The van der Waals surface area contributed by atoms with E-state index in [1.54, 1.807) is 21.3 Å². The van der Waals surface area contributed by atoms with Crippen LogP contribution >= 0.6 is 15.9 Å². The number of halogens is 1. The Morgan fingerprint density at radius 3 is 2.35 bits per heavy atom. The Morgan fingerprint density at radius 2 is 1.81 bits per heavy atom. The summed E-state index contributed by atoms with van der Waals surface area (Å²) in [5.74, 6) is 1.87. The van der Waals surface area contributed by atoms with Gasteiger partial charge in [0.25, 0.3) is 0 Å². The number of aliphatic hydroxyl groups is 1. The molecule has 0 unspecified atom stereocenters. The summed E-state index contributed by atoms with van der Waals surface area (Å²) >= 11 is 3.61. The number of nitrogens with one attached hydrogen (secondary N) is 1. The Labute approximate surface area is 190 Å². The fraction of sp³-hybridized carbons (Fsp3) is 0.435. The number of rotatable bonds is 5. The van der Waals surface area contributed by atoms with Gasteiger partial charge in [-0.05, 0) is 54.2 Å². The zero-order chi connectivity index (χ0) is 22.9. The summed E-state index contributed by atoms with van der Waals surface area (Å²) in [6.07, 6.45) is 2.24. The Balaban J connectivity index is 2.43. The first-order chi connectivity index (χ1) is 14.8. The second kappa shape index (κ2) is 9.36. The van der Waals surface area contributed by atoms with Crippen LogP contribution in [0.4, 0.5) is 0 Å². The molecule has 0 fully saturated rings. The second-order valence-corrected chi connectivity index (χ2v) is 8.30. The summed E-state index contributed by atoms with van der Waals surface area (Å²) < 4.78 is 23.0. The molecular weight excluding hydrogens is 466 g/mol. The van der Waals surface area contributed by atoms with Crippen molar-refractivity contribution in [1.29, 1.82) is 0 Å². The van der Waals surface area contributed by atoms with Gasteiger partial charge >= 0.3 is 0 Å². The molecule has 0 bridgehead atoms. The van der Waals surface area contributed by atoms with Crippen molar-refractivity contribution in [2.24, 2.45) is 0 Å². The fourth-order valence-corrected chi connectivity index (χ4v) is 5.04. The highest BCUT2D eigenvalue weighted by Crippen LogP contribution is 2.51. The summed E-state index contributed by atoms with van der Waals surface area (Å²) in [6, 6.07) is 1.61. The molecule has 1 amide bonds. The minimum absolute atomic E-state index is 0.152. The van der Waals surface area contributed by atoms with Gasteiger partial charge < -0.3 is 29.4 Å². The molecule has 0 saturated heterocycles. The second-order valence-electron chi connectivity index (χ2n) is 7.44. The summed E-state index contributed by atoms with van der Waals surface area (Å²) in [5, 5.41) is 14.1. The normalized spacial score (nSPS) is 20.7. The molecule has 2 atom stereocenters. The predicted octanol–water partition coefficient (Wildman–Crippen LogP) is 3.49. The first-order valence-corrected chi connectivity index (χ1v) is 10.7. The van der Waals surface area contributed by atoms with Gasteiger partial charge in [-0.3, -0.25) is 4.79 Å². The van der Waals surface area contributed by atoms with E-state index in [4.69, 9.17) is 18.9 Å². The van der Waals surface area contributed by atoms with E-state index in [1.807, 2.05) is 19.1 Å². The van der Waals surface area contributed by atoms with Gasteiger partial charge in [-0.1, -0.05) is 15.9 Å². The molecule has 2 aliphatic rings. The lowest BCUT2D eigenvalue weighted by molar-refractivity contribution is -0.119. The third kappa shape index (κ3) is 4.06. The van der Waals surface area contributed by atoms with Crippen molar-refractivity contribution in [3.63, 3.8) is 0 Å². The lowest BCUT2D eigenvalue weighted by atomic mass is 9.90. The van der Waals surface area contributed by atoms with Gasteiger partial charge in [0.1, 0.15) is 11.9 Å². The zero-order valence-electron chi connectivity index (χ0n) is 18.6. The summed E-state index contributed by atoms with van der Waals surface area (Å²) in [5.41, 5.74) is 4.19. The molecule has 2 N–H and O–H groups in total. The quantitative estimate of drug-likeness (QED) is 0.652. The molecular formula is C23H28BrNO6. The van der Waals surface area contributed by atoms with Crippen LogP contribution in [0.15, 0.2) is 33.5 Å². The van der Waals surface area contributed by atoms with Gasteiger partial charge in [0.2, 0.25) is 11.7 Å². The summed E-state index contributed by atoms with van der Waals surface area (Å²) in [7, 11) is 6.26. The van der Waals surface area contributed by atoms with E-state index in [-0.39, 0.29) is 11.9 Å². The molecule has 0 aromatic heterocycles. The minimum atomic E-state index is -1.00. The van der Waals surface area contributed by atoms with E-state index in [9.17, 15) is 9.90 Å². The van der Waals surface area contributed by atoms with Crippen LogP contribution in [0, 0.1) is 0 Å². The standard InChI is InChI=1S/C23H28BrNO6/c1-11-9-14-17-13(10-16(28-3)22(30-5)23(17)31-6)7-8-15(25-12(2)26)18(14)19(24)20(27)21(11)29-4/h9-10,15,20,27H,7-8H2,1-6H3,(H,25,26)/t15-,20+/m0/s1. The SMILES string of the molecule is COC1=C(C)C=C2C(=C(Br)[C@H]1O)[C@@H](NC(C)=O)CCc1cc(OC)c(OC)c(OC)c12. The lowest BCUT2D eigenvalue weighted by Gasteiger charge is -2.25. The highest BCUT2D eigenvalue weighted by Gasteiger charge is 2.36. The van der Waals surface area contributed by atoms with Gasteiger partial charge in [-0.2, -0.15) is 0 Å². The van der Waals surface area contributed by atoms with E-state index in [0.717, 1.165) is 27.8 Å². The van der Waals surface area contributed by atoms with Crippen molar-refractivity contribution in [3.8, 4) is 17.2 Å². The Bertz CT molecular complexity index is 994. The molecule has 0 spiro atoms. The average molecular weight is 494 g/mol. The number of amides is 1.